The molecule has 3 rings (SSSR count). The van der Waals surface area contributed by atoms with Crippen LogP contribution in [-0.4, -0.2) is 57.7 Å². The zero-order chi connectivity index (χ0) is 22.0. The van der Waals surface area contributed by atoms with E-state index in [9.17, 15) is 19.5 Å². The van der Waals surface area contributed by atoms with Gasteiger partial charge in [-0.15, -0.1) is 0 Å². The molecule has 0 spiro atoms. The number of nitrogens with zero attached hydrogens (tertiary/aromatic N) is 3. The van der Waals surface area contributed by atoms with Crippen molar-refractivity contribution in [3.05, 3.63) is 45.0 Å². The number of hydrogen-bond acceptors (Lipinski definition) is 5. The predicted octanol–water partition coefficient (Wildman–Crippen LogP) is 2.62. The molecule has 1 aliphatic rings. The molecule has 2 aromatic rings. The van der Waals surface area contributed by atoms with E-state index < -0.39 is 23.8 Å². The summed E-state index contributed by atoms with van der Waals surface area (Å²) in [5.41, 5.74) is 5.56. The lowest BCUT2D eigenvalue weighted by Gasteiger charge is -2.33. The van der Waals surface area contributed by atoms with Crippen molar-refractivity contribution in [1.82, 2.24) is 14.7 Å². The van der Waals surface area contributed by atoms with Crippen molar-refractivity contribution in [3.63, 3.8) is 0 Å². The molecule has 2 heterocycles. The number of rotatable bonds is 6. The van der Waals surface area contributed by atoms with Gasteiger partial charge in [-0.25, -0.2) is 9.48 Å². The number of carboxylic acid groups (broad SMARTS) is 1. The number of likely N-dealkylation sites (tertiary alicyclic amines) is 1. The van der Waals surface area contributed by atoms with Gasteiger partial charge in [-0.1, -0.05) is 23.7 Å². The molecule has 9 nitrogen and oxygen atoms in total. The third-order valence-corrected chi connectivity index (χ3v) is 6.25. The number of hydrogen-bond donors (Lipinski definition) is 3. The maximum Gasteiger partial charge on any atom is 0.357 e. The molecule has 0 aliphatic carbocycles. The minimum absolute atomic E-state index is 0.0417. The van der Waals surface area contributed by atoms with Crippen LogP contribution in [0.15, 0.2) is 28.7 Å². The summed E-state index contributed by atoms with van der Waals surface area (Å²) < 4.78 is 1.26. The second-order valence-electron chi connectivity index (χ2n) is 7.18. The van der Waals surface area contributed by atoms with Gasteiger partial charge in [0.2, 0.25) is 5.91 Å². The van der Waals surface area contributed by atoms with E-state index in [-0.39, 0.29) is 32.5 Å². The number of nitrogens with one attached hydrogen (secondary N) is 1. The molecule has 0 bridgehead atoms. The van der Waals surface area contributed by atoms with Crippen molar-refractivity contribution in [2.45, 2.75) is 18.9 Å². The molecular weight excluding hydrogens is 478 g/mol. The lowest BCUT2D eigenvalue weighted by molar-refractivity contribution is -0.123. The van der Waals surface area contributed by atoms with Crippen LogP contribution < -0.4 is 11.1 Å². The zero-order valence-corrected chi connectivity index (χ0v) is 18.5. The fourth-order valence-electron chi connectivity index (χ4n) is 3.58. The van der Waals surface area contributed by atoms with Crippen LogP contribution in [0.2, 0.25) is 5.02 Å². The molecule has 0 radical (unpaired) electrons. The third-order valence-electron chi connectivity index (χ3n) is 5.17. The minimum Gasteiger partial charge on any atom is -0.476 e. The number of aromatic carboxylic acids is 1. The fraction of sp³-hybridized carbons (Fsp3) is 0.368. The van der Waals surface area contributed by atoms with Crippen molar-refractivity contribution in [3.8, 4) is 0 Å². The Kier molecular flexibility index (Phi) is 6.79. The van der Waals surface area contributed by atoms with Crippen LogP contribution in [0.4, 0.5) is 5.82 Å². The van der Waals surface area contributed by atoms with Gasteiger partial charge < -0.3 is 21.1 Å². The minimum atomic E-state index is -1.31. The summed E-state index contributed by atoms with van der Waals surface area (Å²) in [6.45, 7) is 1.54. The molecule has 30 heavy (non-hydrogen) atoms. The average molecular weight is 499 g/mol. The first-order chi connectivity index (χ1) is 14.2. The van der Waals surface area contributed by atoms with E-state index in [1.807, 2.05) is 7.05 Å². The molecule has 1 aromatic carbocycles. The van der Waals surface area contributed by atoms with Crippen LogP contribution in [0.1, 0.15) is 39.7 Å². The van der Waals surface area contributed by atoms with Crippen molar-refractivity contribution in [1.29, 1.82) is 0 Å². The van der Waals surface area contributed by atoms with E-state index in [0.717, 1.165) is 13.1 Å². The smallest absolute Gasteiger partial charge is 0.357 e. The number of aromatic nitrogens is 2. The molecule has 1 aromatic heterocycles. The summed E-state index contributed by atoms with van der Waals surface area (Å²) in [5, 5.41) is 16.5. The van der Waals surface area contributed by atoms with Gasteiger partial charge in [0.05, 0.1) is 15.1 Å². The Morgan fingerprint density at radius 2 is 1.93 bits per heavy atom. The van der Waals surface area contributed by atoms with E-state index in [2.05, 4.69) is 31.2 Å². The number of piperidine rings is 1. The van der Waals surface area contributed by atoms with E-state index in [0.29, 0.717) is 12.8 Å². The average Bonchev–Trinajstić information content (AvgIpc) is 3.00. The van der Waals surface area contributed by atoms with Gasteiger partial charge in [-0.3, -0.25) is 9.59 Å². The molecule has 0 saturated carbocycles. The van der Waals surface area contributed by atoms with E-state index in [4.69, 9.17) is 17.3 Å². The van der Waals surface area contributed by atoms with E-state index in [1.54, 1.807) is 18.2 Å². The van der Waals surface area contributed by atoms with Crippen LogP contribution in [-0.2, 0) is 4.79 Å². The quantitative estimate of drug-likeness (QED) is 0.561. The molecular formula is C19H21BrClN5O4. The number of carbonyl (C=O) groups is 3. The van der Waals surface area contributed by atoms with E-state index in [1.165, 1.54) is 10.7 Å². The number of nitrogens with two attached hydrogens (primary N) is 1. The van der Waals surface area contributed by atoms with Crippen molar-refractivity contribution in [2.75, 3.05) is 25.5 Å². The molecule has 11 heteroatoms. The Morgan fingerprint density at radius 3 is 2.50 bits per heavy atom. The highest BCUT2D eigenvalue weighted by molar-refractivity contribution is 9.10. The van der Waals surface area contributed by atoms with Crippen molar-refractivity contribution >= 4 is 51.1 Å². The highest BCUT2D eigenvalue weighted by atomic mass is 79.9. The fourth-order valence-corrected chi connectivity index (χ4v) is 4.33. The Bertz CT molecular complexity index is 987. The second kappa shape index (κ2) is 9.15. The summed E-state index contributed by atoms with van der Waals surface area (Å²) in [6, 6.07) is 5.53. The maximum absolute atomic E-state index is 12.8. The Hall–Kier alpha value is -2.43. The lowest BCUT2D eigenvalue weighted by Crippen LogP contribution is -2.40. The molecule has 1 fully saturated rings. The molecule has 1 atom stereocenters. The van der Waals surface area contributed by atoms with Gasteiger partial charge in [0.15, 0.2) is 5.69 Å². The van der Waals surface area contributed by atoms with Crippen molar-refractivity contribution < 1.29 is 19.5 Å². The van der Waals surface area contributed by atoms with Crippen LogP contribution in [0, 0.1) is 5.92 Å². The summed E-state index contributed by atoms with van der Waals surface area (Å²) in [7, 11) is 1.98. The predicted molar refractivity (Wildman–Crippen MR) is 115 cm³/mol. The number of carboxylic acids is 1. The van der Waals surface area contributed by atoms with Crippen LogP contribution in [0.3, 0.4) is 0 Å². The lowest BCUT2D eigenvalue weighted by atomic mass is 9.89. The number of benzene rings is 1. The zero-order valence-electron chi connectivity index (χ0n) is 16.1. The standard InChI is InChI=1S/C19H21BrClN5O4/c1-25-8-6-10(7-9-25)15(16(22)27)26-17(13(20)14(24-26)19(29)30)23-18(28)11-4-2-3-5-12(11)21/h2-5,10,15H,6-9H2,1H3,(H2,22,27)(H,23,28)(H,29,30). The molecule has 4 N–H and O–H groups in total. The normalized spacial score (nSPS) is 16.2. The molecule has 1 aliphatic heterocycles. The first-order valence-electron chi connectivity index (χ1n) is 9.25. The van der Waals surface area contributed by atoms with Gasteiger partial charge in [0, 0.05) is 0 Å². The highest BCUT2D eigenvalue weighted by Gasteiger charge is 2.36. The number of carbonyl (C=O) groups excluding carboxylic acids is 2. The maximum atomic E-state index is 12.8. The van der Waals surface area contributed by atoms with Crippen LogP contribution in [0.5, 0.6) is 0 Å². The van der Waals surface area contributed by atoms with Gasteiger partial charge in [-0.2, -0.15) is 5.10 Å². The summed E-state index contributed by atoms with van der Waals surface area (Å²) in [6.07, 6.45) is 1.36. The van der Waals surface area contributed by atoms with Crippen LogP contribution in [0.25, 0.3) is 0 Å². The number of anilines is 1. The first kappa shape index (κ1) is 22.3. The monoisotopic (exact) mass is 497 g/mol. The summed E-state index contributed by atoms with van der Waals surface area (Å²) >= 11 is 9.30. The Balaban J connectivity index is 2.04. The Morgan fingerprint density at radius 1 is 1.30 bits per heavy atom. The van der Waals surface area contributed by atoms with Crippen molar-refractivity contribution in [2.24, 2.45) is 11.7 Å². The third kappa shape index (κ3) is 4.50. The molecule has 160 valence electrons. The molecule has 2 amide bonds. The number of halogens is 2. The number of amides is 2. The van der Waals surface area contributed by atoms with E-state index >= 15 is 0 Å². The first-order valence-corrected chi connectivity index (χ1v) is 10.4. The summed E-state index contributed by atoms with van der Waals surface area (Å²) in [4.78, 5) is 39.0. The largest absolute Gasteiger partial charge is 0.476 e. The highest BCUT2D eigenvalue weighted by Crippen LogP contribution is 2.35. The van der Waals surface area contributed by atoms with Gasteiger partial charge in [0.25, 0.3) is 5.91 Å². The van der Waals surface area contributed by atoms with Gasteiger partial charge in [0.1, 0.15) is 11.9 Å². The van der Waals surface area contributed by atoms with Crippen LogP contribution >= 0.6 is 27.5 Å². The Labute approximate surface area is 186 Å². The SMILES string of the molecule is CN1CCC(C(C(N)=O)n2nc(C(=O)O)c(Br)c2NC(=O)c2ccccc2Cl)CC1. The second-order valence-corrected chi connectivity index (χ2v) is 8.38. The topological polar surface area (TPSA) is 131 Å². The molecule has 1 unspecified atom stereocenters. The number of primary amides is 1. The molecule has 1 saturated heterocycles. The van der Waals surface area contributed by atoms with Gasteiger partial charge in [-0.05, 0) is 67.0 Å². The summed E-state index contributed by atoms with van der Waals surface area (Å²) in [5.74, 6) is -2.63. The van der Waals surface area contributed by atoms with Gasteiger partial charge >= 0.3 is 5.97 Å².